The summed E-state index contributed by atoms with van der Waals surface area (Å²) in [5.74, 6) is 0. The molecule has 0 aromatic heterocycles. The Balaban J connectivity index is 2.61. The molecule has 0 bridgehead atoms. The molecule has 0 aromatic carbocycles. The summed E-state index contributed by atoms with van der Waals surface area (Å²) in [5, 5.41) is 2.11. The summed E-state index contributed by atoms with van der Waals surface area (Å²) in [7, 11) is 2.07. The molecule has 1 aliphatic heterocycles. The van der Waals surface area contributed by atoms with E-state index in [4.69, 9.17) is 0 Å². The fraction of sp³-hybridized carbons (Fsp3) is 0.714. The number of rotatable bonds is 0. The van der Waals surface area contributed by atoms with Gasteiger partial charge < -0.3 is 0 Å². The van der Waals surface area contributed by atoms with E-state index in [2.05, 4.69) is 31.3 Å². The fourth-order valence-electron chi connectivity index (χ4n) is 0.951. The van der Waals surface area contributed by atoms with Crippen molar-refractivity contribution in [1.29, 1.82) is 0 Å². The van der Waals surface area contributed by atoms with Crippen molar-refractivity contribution in [3.05, 3.63) is 11.1 Å². The quantitative estimate of drug-likeness (QED) is 0.482. The highest BCUT2D eigenvalue weighted by atomic mass is 15.5. The Kier molecular flexibility index (Phi) is 1.88. The highest BCUT2D eigenvalue weighted by Crippen LogP contribution is 2.06. The zero-order valence-corrected chi connectivity index (χ0v) is 6.36. The topological polar surface area (TPSA) is 15.3 Å². The van der Waals surface area contributed by atoms with E-state index in [1.165, 1.54) is 11.1 Å². The van der Waals surface area contributed by atoms with Crippen molar-refractivity contribution < 1.29 is 0 Å². The average molecular weight is 126 g/mol. The van der Waals surface area contributed by atoms with Gasteiger partial charge in [-0.25, -0.2) is 5.01 Å². The normalized spacial score (nSPS) is 23.0. The van der Waals surface area contributed by atoms with Crippen LogP contribution >= 0.6 is 0 Å². The highest BCUT2D eigenvalue weighted by molar-refractivity contribution is 5.14. The first-order valence-corrected chi connectivity index (χ1v) is 3.30. The van der Waals surface area contributed by atoms with Crippen LogP contribution in [0.15, 0.2) is 11.1 Å². The predicted octanol–water partition coefficient (Wildman–Crippen LogP) is 0.773. The van der Waals surface area contributed by atoms with Gasteiger partial charge in [0.05, 0.1) is 0 Å². The van der Waals surface area contributed by atoms with E-state index < -0.39 is 0 Å². The number of likely N-dealkylation sites (N-methyl/N-ethyl adjacent to an activating group) is 1. The first kappa shape index (κ1) is 6.78. The van der Waals surface area contributed by atoms with Crippen LogP contribution in [0.5, 0.6) is 0 Å². The number of hydrazine groups is 1. The number of nitrogens with one attached hydrogen (secondary N) is 1. The Hall–Kier alpha value is -0.340. The maximum Gasteiger partial charge on any atom is 0.0338 e. The Labute approximate surface area is 56.5 Å². The molecule has 0 radical (unpaired) electrons. The summed E-state index contributed by atoms with van der Waals surface area (Å²) in [5.41, 5.74) is 6.21. The molecule has 1 rings (SSSR count). The van der Waals surface area contributed by atoms with Crippen molar-refractivity contribution in [3.8, 4) is 0 Å². The molecule has 2 heteroatoms. The molecular formula is C7H14N2. The van der Waals surface area contributed by atoms with E-state index in [-0.39, 0.29) is 0 Å². The van der Waals surface area contributed by atoms with Crippen molar-refractivity contribution in [2.45, 2.75) is 13.8 Å². The molecule has 0 unspecified atom stereocenters. The lowest BCUT2D eigenvalue weighted by molar-refractivity contribution is 0.251. The SMILES string of the molecule is CC1=C(C)CN(C)NC1. The van der Waals surface area contributed by atoms with E-state index >= 15 is 0 Å². The third kappa shape index (κ3) is 1.53. The Morgan fingerprint density at radius 3 is 2.44 bits per heavy atom. The maximum absolute atomic E-state index is 3.24. The van der Waals surface area contributed by atoms with Gasteiger partial charge in [0.25, 0.3) is 0 Å². The van der Waals surface area contributed by atoms with Gasteiger partial charge in [-0.2, -0.15) is 0 Å². The molecule has 0 saturated heterocycles. The molecule has 0 aromatic rings. The third-order valence-corrected chi connectivity index (χ3v) is 1.82. The second kappa shape index (κ2) is 2.50. The fourth-order valence-corrected chi connectivity index (χ4v) is 0.951. The first-order chi connectivity index (χ1) is 4.20. The molecule has 0 fully saturated rings. The van der Waals surface area contributed by atoms with Gasteiger partial charge in [0.15, 0.2) is 0 Å². The second-order valence-corrected chi connectivity index (χ2v) is 2.75. The molecule has 1 N–H and O–H groups in total. The summed E-state index contributed by atoms with van der Waals surface area (Å²) in [6, 6.07) is 0. The van der Waals surface area contributed by atoms with Crippen LogP contribution in [0.3, 0.4) is 0 Å². The monoisotopic (exact) mass is 126 g/mol. The minimum Gasteiger partial charge on any atom is -0.251 e. The van der Waals surface area contributed by atoms with Crippen molar-refractivity contribution in [2.75, 3.05) is 20.1 Å². The minimum absolute atomic E-state index is 1.02. The van der Waals surface area contributed by atoms with Crippen LogP contribution < -0.4 is 5.43 Å². The van der Waals surface area contributed by atoms with Crippen molar-refractivity contribution >= 4 is 0 Å². The summed E-state index contributed by atoms with van der Waals surface area (Å²) in [4.78, 5) is 0. The van der Waals surface area contributed by atoms with Gasteiger partial charge in [0.1, 0.15) is 0 Å². The summed E-state index contributed by atoms with van der Waals surface area (Å²) >= 11 is 0. The zero-order valence-electron chi connectivity index (χ0n) is 6.36. The lowest BCUT2D eigenvalue weighted by Gasteiger charge is -2.25. The Morgan fingerprint density at radius 1 is 1.33 bits per heavy atom. The van der Waals surface area contributed by atoms with Crippen molar-refractivity contribution in [2.24, 2.45) is 0 Å². The predicted molar refractivity (Wildman–Crippen MR) is 39.0 cm³/mol. The van der Waals surface area contributed by atoms with Gasteiger partial charge in [0.2, 0.25) is 0 Å². The molecule has 0 atom stereocenters. The number of nitrogens with zero attached hydrogens (tertiary/aromatic N) is 1. The maximum atomic E-state index is 3.24. The number of hydrogen-bond acceptors (Lipinski definition) is 2. The van der Waals surface area contributed by atoms with E-state index in [0.717, 1.165) is 13.1 Å². The standard InChI is InChI=1S/C7H14N2/c1-6-4-8-9(3)5-7(6)2/h8H,4-5H2,1-3H3. The summed E-state index contributed by atoms with van der Waals surface area (Å²) < 4.78 is 0. The van der Waals surface area contributed by atoms with Gasteiger partial charge >= 0.3 is 0 Å². The van der Waals surface area contributed by atoms with Gasteiger partial charge in [-0.3, -0.25) is 5.43 Å². The second-order valence-electron chi connectivity index (χ2n) is 2.75. The van der Waals surface area contributed by atoms with Crippen LogP contribution in [0.25, 0.3) is 0 Å². The van der Waals surface area contributed by atoms with Crippen LogP contribution in [0.1, 0.15) is 13.8 Å². The lowest BCUT2D eigenvalue weighted by Crippen LogP contribution is -2.40. The zero-order chi connectivity index (χ0) is 6.85. The molecular weight excluding hydrogens is 112 g/mol. The molecule has 1 aliphatic rings. The van der Waals surface area contributed by atoms with Crippen molar-refractivity contribution in [1.82, 2.24) is 10.4 Å². The van der Waals surface area contributed by atoms with Crippen LogP contribution in [-0.2, 0) is 0 Å². The first-order valence-electron chi connectivity index (χ1n) is 3.30. The Morgan fingerprint density at radius 2 is 2.00 bits per heavy atom. The molecule has 0 saturated carbocycles. The molecule has 0 aliphatic carbocycles. The third-order valence-electron chi connectivity index (χ3n) is 1.82. The largest absolute Gasteiger partial charge is 0.251 e. The van der Waals surface area contributed by atoms with Crippen LogP contribution in [0.4, 0.5) is 0 Å². The molecule has 0 amide bonds. The van der Waals surface area contributed by atoms with Gasteiger partial charge in [-0.05, 0) is 13.8 Å². The van der Waals surface area contributed by atoms with E-state index in [9.17, 15) is 0 Å². The average Bonchev–Trinajstić information content (AvgIpc) is 1.80. The van der Waals surface area contributed by atoms with Gasteiger partial charge in [-0.15, -0.1) is 0 Å². The van der Waals surface area contributed by atoms with Gasteiger partial charge in [-0.1, -0.05) is 11.1 Å². The molecule has 52 valence electrons. The summed E-state index contributed by atoms with van der Waals surface area (Å²) in [6.07, 6.45) is 0. The Bertz CT molecular complexity index is 138. The molecule has 1 heterocycles. The van der Waals surface area contributed by atoms with E-state index in [0.29, 0.717) is 0 Å². The molecule has 2 nitrogen and oxygen atoms in total. The van der Waals surface area contributed by atoms with E-state index in [1.807, 2.05) is 0 Å². The lowest BCUT2D eigenvalue weighted by atomic mass is 10.1. The van der Waals surface area contributed by atoms with Gasteiger partial charge in [0, 0.05) is 20.1 Å². The summed E-state index contributed by atoms with van der Waals surface area (Å²) in [6.45, 7) is 6.44. The smallest absolute Gasteiger partial charge is 0.0338 e. The van der Waals surface area contributed by atoms with Crippen LogP contribution in [-0.4, -0.2) is 25.1 Å². The van der Waals surface area contributed by atoms with Crippen LogP contribution in [0, 0.1) is 0 Å². The van der Waals surface area contributed by atoms with Crippen molar-refractivity contribution in [3.63, 3.8) is 0 Å². The number of hydrogen-bond donors (Lipinski definition) is 1. The minimum atomic E-state index is 1.02. The molecule has 0 spiro atoms. The highest BCUT2D eigenvalue weighted by Gasteiger charge is 2.07. The van der Waals surface area contributed by atoms with Crippen LogP contribution in [0.2, 0.25) is 0 Å². The van der Waals surface area contributed by atoms with E-state index in [1.54, 1.807) is 0 Å². The molecule has 9 heavy (non-hydrogen) atoms.